The number of para-hydroxylation sites is 1. The summed E-state index contributed by atoms with van der Waals surface area (Å²) in [6.07, 6.45) is 1.17. The number of nitro groups is 1. The minimum Gasteiger partial charge on any atom is -0.372 e. The van der Waals surface area contributed by atoms with Gasteiger partial charge in [0.2, 0.25) is 0 Å². The lowest BCUT2D eigenvalue weighted by molar-refractivity contribution is -0.385. The van der Waals surface area contributed by atoms with Crippen LogP contribution in [0.25, 0.3) is 0 Å². The van der Waals surface area contributed by atoms with Crippen molar-refractivity contribution < 1.29 is 14.8 Å². The third kappa shape index (κ3) is 3.79. The molecular formula is C21H17N3O4. The van der Waals surface area contributed by atoms with Crippen LogP contribution in [0, 0.1) is 10.1 Å². The molecule has 0 atom stereocenters. The first kappa shape index (κ1) is 18.9. The predicted octanol–water partition coefficient (Wildman–Crippen LogP) is 2.98. The molecule has 7 nitrogen and oxygen atoms in total. The summed E-state index contributed by atoms with van der Waals surface area (Å²) in [7, 11) is 0. The van der Waals surface area contributed by atoms with Gasteiger partial charge >= 0.3 is 0 Å². The molecule has 0 saturated carbocycles. The van der Waals surface area contributed by atoms with Crippen molar-refractivity contribution in [1.29, 1.82) is 0 Å². The maximum atomic E-state index is 12.9. The second-order valence-corrected chi connectivity index (χ2v) is 5.96. The molecule has 2 N–H and O–H groups in total. The Morgan fingerprint density at radius 1 is 0.929 bits per heavy atom. The molecule has 0 bridgehead atoms. The Morgan fingerprint density at radius 2 is 1.43 bits per heavy atom. The number of nitrogens with one attached hydrogen (secondary N) is 1. The molecule has 0 saturated heterocycles. The molecule has 0 radical (unpaired) electrons. The summed E-state index contributed by atoms with van der Waals surface area (Å²) in [5.41, 5.74) is 1.17. The van der Waals surface area contributed by atoms with Gasteiger partial charge in [-0.1, -0.05) is 72.8 Å². The van der Waals surface area contributed by atoms with E-state index in [1.165, 1.54) is 24.4 Å². The van der Waals surface area contributed by atoms with Crippen LogP contribution < -0.4 is 5.43 Å². The molecule has 140 valence electrons. The van der Waals surface area contributed by atoms with Crippen LogP contribution in [0.15, 0.2) is 90.0 Å². The van der Waals surface area contributed by atoms with E-state index in [1.54, 1.807) is 66.7 Å². The Bertz CT molecular complexity index is 965. The van der Waals surface area contributed by atoms with E-state index in [-0.39, 0.29) is 11.3 Å². The summed E-state index contributed by atoms with van der Waals surface area (Å²) in [6, 6.07) is 23.0. The fourth-order valence-electron chi connectivity index (χ4n) is 2.79. The van der Waals surface area contributed by atoms with Crippen molar-refractivity contribution in [2.75, 3.05) is 0 Å². The van der Waals surface area contributed by atoms with Crippen molar-refractivity contribution in [3.63, 3.8) is 0 Å². The number of carbonyl (C=O) groups excluding carboxylic acids is 1. The fraction of sp³-hybridized carbons (Fsp3) is 0.0476. The normalized spacial score (nSPS) is 11.3. The van der Waals surface area contributed by atoms with Crippen LogP contribution >= 0.6 is 0 Å². The van der Waals surface area contributed by atoms with Gasteiger partial charge in [-0.2, -0.15) is 5.10 Å². The predicted molar refractivity (Wildman–Crippen MR) is 105 cm³/mol. The van der Waals surface area contributed by atoms with Crippen molar-refractivity contribution in [3.8, 4) is 0 Å². The molecule has 0 aliphatic rings. The van der Waals surface area contributed by atoms with Crippen molar-refractivity contribution in [2.24, 2.45) is 5.10 Å². The summed E-state index contributed by atoms with van der Waals surface area (Å²) in [5.74, 6) is -0.778. The van der Waals surface area contributed by atoms with Gasteiger partial charge in [-0.05, 0) is 17.2 Å². The monoisotopic (exact) mass is 375 g/mol. The second kappa shape index (κ2) is 8.24. The zero-order valence-corrected chi connectivity index (χ0v) is 14.7. The molecule has 0 unspecified atom stereocenters. The zero-order valence-electron chi connectivity index (χ0n) is 14.7. The van der Waals surface area contributed by atoms with E-state index >= 15 is 0 Å². The van der Waals surface area contributed by atoms with E-state index in [9.17, 15) is 20.0 Å². The number of hydrogen-bond acceptors (Lipinski definition) is 5. The lowest BCUT2D eigenvalue weighted by Crippen LogP contribution is -2.43. The molecule has 7 heteroatoms. The Balaban J connectivity index is 1.91. The molecule has 0 fully saturated rings. The van der Waals surface area contributed by atoms with E-state index in [0.29, 0.717) is 11.1 Å². The van der Waals surface area contributed by atoms with Crippen LogP contribution in [-0.2, 0) is 10.4 Å². The van der Waals surface area contributed by atoms with E-state index in [2.05, 4.69) is 10.5 Å². The van der Waals surface area contributed by atoms with Gasteiger partial charge in [-0.3, -0.25) is 14.9 Å². The van der Waals surface area contributed by atoms with Crippen LogP contribution in [0.2, 0.25) is 0 Å². The number of benzene rings is 3. The highest BCUT2D eigenvalue weighted by molar-refractivity contribution is 5.92. The van der Waals surface area contributed by atoms with Crippen LogP contribution in [0.5, 0.6) is 0 Å². The maximum Gasteiger partial charge on any atom is 0.281 e. The number of nitrogens with zero attached hydrogens (tertiary/aromatic N) is 2. The smallest absolute Gasteiger partial charge is 0.281 e. The average molecular weight is 375 g/mol. The first-order chi connectivity index (χ1) is 13.5. The van der Waals surface area contributed by atoms with Gasteiger partial charge in [0, 0.05) is 6.07 Å². The molecule has 28 heavy (non-hydrogen) atoms. The number of aliphatic hydroxyl groups is 1. The summed E-state index contributed by atoms with van der Waals surface area (Å²) < 4.78 is 0. The van der Waals surface area contributed by atoms with Crippen LogP contribution in [0.4, 0.5) is 5.69 Å². The molecule has 3 rings (SSSR count). The van der Waals surface area contributed by atoms with Gasteiger partial charge in [0.15, 0.2) is 5.60 Å². The first-order valence-electron chi connectivity index (χ1n) is 8.44. The van der Waals surface area contributed by atoms with E-state index < -0.39 is 16.4 Å². The standard InChI is InChI=1S/C21H17N3O4/c25-20(23-22-15-16-9-7-8-14-19(16)24(27)28)21(26,17-10-3-1-4-11-17)18-12-5-2-6-13-18/h1-15,26H,(H,23,25). The SMILES string of the molecule is O=C(NN=Cc1ccccc1[N+](=O)[O-])C(O)(c1ccccc1)c1ccccc1. The van der Waals surface area contributed by atoms with Crippen molar-refractivity contribution >= 4 is 17.8 Å². The Hall–Kier alpha value is -3.84. The Morgan fingerprint density at radius 3 is 1.96 bits per heavy atom. The minimum absolute atomic E-state index is 0.137. The highest BCUT2D eigenvalue weighted by Gasteiger charge is 2.39. The van der Waals surface area contributed by atoms with Gasteiger partial charge in [-0.15, -0.1) is 0 Å². The van der Waals surface area contributed by atoms with Crippen LogP contribution in [0.1, 0.15) is 16.7 Å². The molecule has 0 aliphatic carbocycles. The number of amides is 1. The first-order valence-corrected chi connectivity index (χ1v) is 8.44. The summed E-state index contributed by atoms with van der Waals surface area (Å²) in [6.45, 7) is 0. The molecule has 0 aromatic heterocycles. The quantitative estimate of drug-likeness (QED) is 0.392. The lowest BCUT2D eigenvalue weighted by atomic mass is 9.85. The second-order valence-electron chi connectivity index (χ2n) is 5.96. The molecule has 0 aliphatic heterocycles. The molecule has 3 aromatic rings. The number of hydrazone groups is 1. The van der Waals surface area contributed by atoms with Gasteiger partial charge in [0.25, 0.3) is 11.6 Å². The van der Waals surface area contributed by atoms with Crippen molar-refractivity contribution in [2.45, 2.75) is 5.60 Å². The largest absolute Gasteiger partial charge is 0.372 e. The molecule has 0 spiro atoms. The summed E-state index contributed by atoms with van der Waals surface area (Å²) >= 11 is 0. The number of carbonyl (C=O) groups is 1. The highest BCUT2D eigenvalue weighted by Crippen LogP contribution is 2.29. The van der Waals surface area contributed by atoms with E-state index in [4.69, 9.17) is 0 Å². The third-order valence-corrected chi connectivity index (χ3v) is 4.21. The number of rotatable bonds is 6. The number of hydrogen-bond donors (Lipinski definition) is 2. The van der Waals surface area contributed by atoms with Gasteiger partial charge in [0.05, 0.1) is 16.7 Å². The molecule has 0 heterocycles. The minimum atomic E-state index is -1.97. The fourth-order valence-corrected chi connectivity index (χ4v) is 2.79. The Kier molecular flexibility index (Phi) is 5.57. The number of nitro benzene ring substituents is 1. The Labute approximate surface area is 161 Å². The van der Waals surface area contributed by atoms with Crippen LogP contribution in [-0.4, -0.2) is 22.2 Å². The van der Waals surface area contributed by atoms with Gasteiger partial charge in [0.1, 0.15) is 0 Å². The molecule has 1 amide bonds. The van der Waals surface area contributed by atoms with Gasteiger partial charge in [-0.25, -0.2) is 5.43 Å². The van der Waals surface area contributed by atoms with Crippen molar-refractivity contribution in [3.05, 3.63) is 112 Å². The third-order valence-electron chi connectivity index (χ3n) is 4.21. The van der Waals surface area contributed by atoms with Crippen molar-refractivity contribution in [1.82, 2.24) is 5.43 Å². The average Bonchev–Trinajstić information content (AvgIpc) is 2.74. The zero-order chi connectivity index (χ0) is 20.0. The topological polar surface area (TPSA) is 105 Å². The lowest BCUT2D eigenvalue weighted by Gasteiger charge is -2.27. The maximum absolute atomic E-state index is 12.9. The van der Waals surface area contributed by atoms with Gasteiger partial charge < -0.3 is 5.11 Å². The van der Waals surface area contributed by atoms with E-state index in [1.807, 2.05) is 0 Å². The molecular weight excluding hydrogens is 358 g/mol. The summed E-state index contributed by atoms with van der Waals surface area (Å²) in [4.78, 5) is 23.4. The van der Waals surface area contributed by atoms with Crippen LogP contribution in [0.3, 0.4) is 0 Å². The van der Waals surface area contributed by atoms with E-state index in [0.717, 1.165) is 0 Å². The highest BCUT2D eigenvalue weighted by atomic mass is 16.6. The molecule has 3 aromatic carbocycles. The summed E-state index contributed by atoms with van der Waals surface area (Å²) in [5, 5.41) is 26.1.